The topological polar surface area (TPSA) is 17.1 Å². The van der Waals surface area contributed by atoms with Gasteiger partial charge in [-0.1, -0.05) is 26.0 Å². The molecule has 0 spiro atoms. The summed E-state index contributed by atoms with van der Waals surface area (Å²) in [6.45, 7) is 5.79. The third kappa shape index (κ3) is 7.41. The van der Waals surface area contributed by atoms with E-state index < -0.39 is 0 Å². The molecule has 0 aromatic rings. The van der Waals surface area contributed by atoms with Crippen molar-refractivity contribution in [3.63, 3.8) is 0 Å². The number of carbonyl (C=O) groups is 1. The molecule has 0 amide bonds. The van der Waals surface area contributed by atoms with E-state index in [0.29, 0.717) is 12.3 Å². The van der Waals surface area contributed by atoms with Gasteiger partial charge >= 0.3 is 0 Å². The van der Waals surface area contributed by atoms with Crippen LogP contribution >= 0.6 is 0 Å². The van der Waals surface area contributed by atoms with Gasteiger partial charge in [0, 0.05) is 6.42 Å². The van der Waals surface area contributed by atoms with Crippen LogP contribution in [0.15, 0.2) is 12.2 Å². The Kier molecular flexibility index (Phi) is 4.02. The molecule has 0 aliphatic rings. The summed E-state index contributed by atoms with van der Waals surface area (Å²) >= 11 is 0. The summed E-state index contributed by atoms with van der Waals surface area (Å²) in [6, 6.07) is 0. The van der Waals surface area contributed by atoms with Crippen LogP contribution in [0.5, 0.6) is 0 Å². The van der Waals surface area contributed by atoms with E-state index in [9.17, 15) is 4.79 Å². The lowest BCUT2D eigenvalue weighted by molar-refractivity contribution is -0.116. The van der Waals surface area contributed by atoms with Crippen LogP contribution in [0.2, 0.25) is 0 Å². The van der Waals surface area contributed by atoms with Gasteiger partial charge in [-0.05, 0) is 12.8 Å². The molecule has 0 aliphatic carbocycles. The van der Waals surface area contributed by atoms with Gasteiger partial charge in [-0.2, -0.15) is 0 Å². The molecule has 1 heteroatoms. The molecule has 0 bridgehead atoms. The lowest BCUT2D eigenvalue weighted by Gasteiger charge is -1.90. The van der Waals surface area contributed by atoms with Crippen molar-refractivity contribution in [3.05, 3.63) is 12.2 Å². The molecule has 0 fully saturated rings. The van der Waals surface area contributed by atoms with Crippen molar-refractivity contribution >= 4 is 5.78 Å². The maximum Gasteiger partial charge on any atom is 0.133 e. The summed E-state index contributed by atoms with van der Waals surface area (Å²) < 4.78 is 0. The van der Waals surface area contributed by atoms with Crippen LogP contribution in [-0.4, -0.2) is 5.78 Å². The minimum Gasteiger partial charge on any atom is -0.300 e. The lowest BCUT2D eigenvalue weighted by atomic mass is 10.2. The van der Waals surface area contributed by atoms with Crippen molar-refractivity contribution in [2.75, 3.05) is 0 Å². The summed E-state index contributed by atoms with van der Waals surface area (Å²) in [7, 11) is 0. The van der Waals surface area contributed by atoms with Crippen LogP contribution in [0.3, 0.4) is 0 Å². The van der Waals surface area contributed by atoms with Gasteiger partial charge in [0.05, 0.1) is 0 Å². The van der Waals surface area contributed by atoms with E-state index in [1.54, 1.807) is 6.92 Å². The first kappa shape index (κ1) is 8.41. The average Bonchev–Trinajstić information content (AvgIpc) is 1.63. The van der Waals surface area contributed by atoms with E-state index >= 15 is 0 Å². The normalized spacial score (nSPS) is 11.1. The Morgan fingerprint density at radius 3 is 2.44 bits per heavy atom. The third-order valence-electron chi connectivity index (χ3n) is 0.926. The zero-order chi connectivity index (χ0) is 7.28. The first-order valence-corrected chi connectivity index (χ1v) is 3.29. The molecule has 0 N–H and O–H groups in total. The molecule has 0 radical (unpaired) electrons. The van der Waals surface area contributed by atoms with E-state index in [-0.39, 0.29) is 5.78 Å². The zero-order valence-electron chi connectivity index (χ0n) is 6.35. The van der Waals surface area contributed by atoms with Crippen LogP contribution in [0, 0.1) is 5.92 Å². The molecule has 0 aromatic heterocycles. The minimum atomic E-state index is 0.229. The summed E-state index contributed by atoms with van der Waals surface area (Å²) in [4.78, 5) is 10.4. The van der Waals surface area contributed by atoms with Crippen molar-refractivity contribution in [1.82, 2.24) is 0 Å². The SMILES string of the molecule is CC(=O)C/C=C\C(C)C. The van der Waals surface area contributed by atoms with E-state index in [4.69, 9.17) is 0 Å². The lowest BCUT2D eigenvalue weighted by Crippen LogP contribution is -1.85. The monoisotopic (exact) mass is 126 g/mol. The van der Waals surface area contributed by atoms with Gasteiger partial charge in [0.1, 0.15) is 5.78 Å². The number of ketones is 1. The fourth-order valence-corrected chi connectivity index (χ4v) is 0.506. The first-order valence-electron chi connectivity index (χ1n) is 3.29. The second-order valence-electron chi connectivity index (χ2n) is 2.58. The average molecular weight is 126 g/mol. The molecule has 0 unspecified atom stereocenters. The highest BCUT2D eigenvalue weighted by Gasteiger charge is 1.86. The van der Waals surface area contributed by atoms with Crippen LogP contribution in [0.25, 0.3) is 0 Å². The Hall–Kier alpha value is -0.590. The second-order valence-corrected chi connectivity index (χ2v) is 2.58. The van der Waals surface area contributed by atoms with E-state index in [1.165, 1.54) is 0 Å². The van der Waals surface area contributed by atoms with Crippen molar-refractivity contribution in [2.24, 2.45) is 5.92 Å². The highest BCUT2D eigenvalue weighted by Crippen LogP contribution is 1.94. The zero-order valence-corrected chi connectivity index (χ0v) is 6.35. The van der Waals surface area contributed by atoms with E-state index in [2.05, 4.69) is 13.8 Å². The van der Waals surface area contributed by atoms with Crippen molar-refractivity contribution in [3.8, 4) is 0 Å². The van der Waals surface area contributed by atoms with Crippen LogP contribution in [0.1, 0.15) is 27.2 Å². The van der Waals surface area contributed by atoms with E-state index in [0.717, 1.165) is 0 Å². The van der Waals surface area contributed by atoms with Crippen LogP contribution in [0.4, 0.5) is 0 Å². The van der Waals surface area contributed by atoms with Gasteiger partial charge in [0.2, 0.25) is 0 Å². The highest BCUT2D eigenvalue weighted by atomic mass is 16.1. The van der Waals surface area contributed by atoms with Gasteiger partial charge in [0.25, 0.3) is 0 Å². The van der Waals surface area contributed by atoms with Gasteiger partial charge in [-0.15, -0.1) is 0 Å². The summed E-state index contributed by atoms with van der Waals surface area (Å²) in [5.74, 6) is 0.788. The van der Waals surface area contributed by atoms with Gasteiger partial charge in [-0.3, -0.25) is 4.79 Å². The first-order chi connectivity index (χ1) is 4.13. The number of carbonyl (C=O) groups excluding carboxylic acids is 1. The van der Waals surface area contributed by atoms with Crippen molar-refractivity contribution in [1.29, 1.82) is 0 Å². The van der Waals surface area contributed by atoms with Crippen molar-refractivity contribution < 1.29 is 4.79 Å². The smallest absolute Gasteiger partial charge is 0.133 e. The Labute approximate surface area is 56.8 Å². The third-order valence-corrected chi connectivity index (χ3v) is 0.926. The predicted molar refractivity (Wildman–Crippen MR) is 39.3 cm³/mol. The number of allylic oxidation sites excluding steroid dienone is 2. The maximum atomic E-state index is 10.4. The van der Waals surface area contributed by atoms with E-state index in [1.807, 2.05) is 12.2 Å². The van der Waals surface area contributed by atoms with Crippen LogP contribution in [-0.2, 0) is 4.79 Å². The highest BCUT2D eigenvalue weighted by molar-refractivity contribution is 5.76. The molecule has 0 heterocycles. The molecule has 0 aromatic carbocycles. The quantitative estimate of drug-likeness (QED) is 0.530. The summed E-state index contributed by atoms with van der Waals surface area (Å²) in [5.41, 5.74) is 0. The van der Waals surface area contributed by atoms with Crippen LogP contribution < -0.4 is 0 Å². The fourth-order valence-electron chi connectivity index (χ4n) is 0.506. The minimum absolute atomic E-state index is 0.229. The van der Waals surface area contributed by atoms with Gasteiger partial charge in [0.15, 0.2) is 0 Å². The predicted octanol–water partition coefficient (Wildman–Crippen LogP) is 2.18. The molecule has 0 rings (SSSR count). The molecule has 52 valence electrons. The largest absolute Gasteiger partial charge is 0.300 e. The fraction of sp³-hybridized carbons (Fsp3) is 0.625. The molecule has 1 nitrogen and oxygen atoms in total. The maximum absolute atomic E-state index is 10.4. The Bertz CT molecular complexity index is 112. The Morgan fingerprint density at radius 2 is 2.11 bits per heavy atom. The van der Waals surface area contributed by atoms with Gasteiger partial charge < -0.3 is 0 Å². The summed E-state index contributed by atoms with van der Waals surface area (Å²) in [5, 5.41) is 0. The Morgan fingerprint density at radius 1 is 1.56 bits per heavy atom. The number of Topliss-reactive ketones (excluding diaryl/α,β-unsaturated/α-hetero) is 1. The molecule has 0 saturated heterocycles. The number of hydrogen-bond acceptors (Lipinski definition) is 1. The molecule has 0 atom stereocenters. The van der Waals surface area contributed by atoms with Crippen molar-refractivity contribution in [2.45, 2.75) is 27.2 Å². The molecule has 9 heavy (non-hydrogen) atoms. The molecule has 0 saturated carbocycles. The molecule has 0 aliphatic heterocycles. The Balaban J connectivity index is 3.36. The standard InChI is InChI=1S/C8H14O/c1-7(2)5-4-6-8(3)9/h4-5,7H,6H2,1-3H3/b5-4-. The molecular formula is C8H14O. The number of hydrogen-bond donors (Lipinski definition) is 0. The summed E-state index contributed by atoms with van der Waals surface area (Å²) in [6.07, 6.45) is 4.55. The second kappa shape index (κ2) is 4.30. The van der Waals surface area contributed by atoms with Gasteiger partial charge in [-0.25, -0.2) is 0 Å². The molecular weight excluding hydrogens is 112 g/mol. The number of rotatable bonds is 3.